The maximum absolute atomic E-state index is 12.3. The third-order valence-corrected chi connectivity index (χ3v) is 5.74. The summed E-state index contributed by atoms with van der Waals surface area (Å²) < 4.78 is 22.2. The summed E-state index contributed by atoms with van der Waals surface area (Å²) in [7, 11) is 1.54. The molecule has 34 heavy (non-hydrogen) atoms. The van der Waals surface area contributed by atoms with Crippen LogP contribution in [-0.4, -0.2) is 35.9 Å². The second kappa shape index (κ2) is 10.4. The second-order valence-electron chi connectivity index (χ2n) is 8.04. The number of rotatable bonds is 8. The van der Waals surface area contributed by atoms with Gasteiger partial charge in [-0.25, -0.2) is 9.78 Å². The van der Waals surface area contributed by atoms with Crippen molar-refractivity contribution in [2.24, 2.45) is 0 Å². The average molecular weight is 483 g/mol. The molecule has 1 unspecified atom stereocenters. The number of pyridine rings is 1. The molecule has 0 aliphatic heterocycles. The fourth-order valence-corrected chi connectivity index (χ4v) is 4.23. The van der Waals surface area contributed by atoms with E-state index >= 15 is 0 Å². The number of hydrogen-bond acceptors (Lipinski definition) is 6. The first-order chi connectivity index (χ1) is 16.4. The zero-order chi connectivity index (χ0) is 24.2. The molecule has 0 aliphatic rings. The van der Waals surface area contributed by atoms with E-state index in [1.165, 1.54) is 7.11 Å². The summed E-state index contributed by atoms with van der Waals surface area (Å²) in [6.07, 6.45) is 0.263. The Morgan fingerprint density at radius 2 is 1.82 bits per heavy atom. The number of carbonyl (C=O) groups is 1. The van der Waals surface area contributed by atoms with Crippen molar-refractivity contribution in [3.05, 3.63) is 70.4 Å². The molecular weight excluding hydrogens is 456 g/mol. The van der Waals surface area contributed by atoms with Gasteiger partial charge in [0.1, 0.15) is 0 Å². The Morgan fingerprint density at radius 3 is 2.53 bits per heavy atom. The zero-order valence-corrected chi connectivity index (χ0v) is 20.3. The molecule has 2 aromatic carbocycles. The van der Waals surface area contributed by atoms with Gasteiger partial charge in [-0.3, -0.25) is 0 Å². The lowest BCUT2D eigenvalue weighted by molar-refractivity contribution is -0.124. The number of fused-ring (bicyclic) bond motifs is 3. The Bertz CT molecular complexity index is 1320. The van der Waals surface area contributed by atoms with Crippen LogP contribution in [0.25, 0.3) is 21.8 Å². The molecule has 2 heterocycles. The van der Waals surface area contributed by atoms with Crippen molar-refractivity contribution in [2.45, 2.75) is 39.6 Å². The number of hydrogen-bond donors (Lipinski definition) is 1. The third kappa shape index (κ3) is 4.87. The van der Waals surface area contributed by atoms with E-state index in [0.29, 0.717) is 23.6 Å². The number of halogens is 1. The SMILES string of the molecule is CCOC(OC)c1c(OC(=O)OC(C)C)ncc2[nH]c3cccc(Cc4ccccc4Cl)c3c12. The van der Waals surface area contributed by atoms with Crippen LogP contribution < -0.4 is 4.74 Å². The number of nitrogens with one attached hydrogen (secondary N) is 1. The lowest BCUT2D eigenvalue weighted by Gasteiger charge is -2.19. The quantitative estimate of drug-likeness (QED) is 0.226. The van der Waals surface area contributed by atoms with Crippen molar-refractivity contribution in [1.82, 2.24) is 9.97 Å². The molecule has 178 valence electrons. The fourth-order valence-electron chi connectivity index (χ4n) is 4.03. The maximum atomic E-state index is 12.3. The van der Waals surface area contributed by atoms with Crippen LogP contribution in [0, 0.1) is 0 Å². The second-order valence-corrected chi connectivity index (χ2v) is 8.45. The molecule has 0 amide bonds. The van der Waals surface area contributed by atoms with Crippen LogP contribution in [0.2, 0.25) is 5.02 Å². The molecule has 0 saturated heterocycles. The Balaban J connectivity index is 1.95. The molecule has 7 nitrogen and oxygen atoms in total. The van der Waals surface area contributed by atoms with E-state index in [-0.39, 0.29) is 12.0 Å². The molecule has 0 radical (unpaired) electrons. The molecule has 0 saturated carbocycles. The molecule has 2 aromatic heterocycles. The summed E-state index contributed by atoms with van der Waals surface area (Å²) in [6, 6.07) is 13.8. The highest BCUT2D eigenvalue weighted by Gasteiger charge is 2.27. The number of aromatic amines is 1. The first-order valence-electron chi connectivity index (χ1n) is 11.1. The summed E-state index contributed by atoms with van der Waals surface area (Å²) in [5.41, 5.74) is 4.25. The van der Waals surface area contributed by atoms with Gasteiger partial charge in [0.2, 0.25) is 5.88 Å². The molecule has 0 fully saturated rings. The highest BCUT2D eigenvalue weighted by molar-refractivity contribution is 6.31. The Kier molecular flexibility index (Phi) is 7.36. The highest BCUT2D eigenvalue weighted by Crippen LogP contribution is 2.40. The molecule has 0 bridgehead atoms. The van der Waals surface area contributed by atoms with Crippen LogP contribution in [0.5, 0.6) is 5.88 Å². The van der Waals surface area contributed by atoms with Gasteiger partial charge in [0.25, 0.3) is 0 Å². The molecule has 1 N–H and O–H groups in total. The van der Waals surface area contributed by atoms with Gasteiger partial charge in [0.05, 0.1) is 23.4 Å². The molecule has 0 aliphatic carbocycles. The summed E-state index contributed by atoms with van der Waals surface area (Å²) in [5, 5.41) is 2.46. The molecule has 4 aromatic rings. The van der Waals surface area contributed by atoms with E-state index in [2.05, 4.69) is 16.0 Å². The minimum Gasteiger partial charge on any atom is -0.431 e. The van der Waals surface area contributed by atoms with Crippen LogP contribution in [0.3, 0.4) is 0 Å². The van der Waals surface area contributed by atoms with E-state index in [1.807, 2.05) is 43.3 Å². The number of ether oxygens (including phenoxy) is 4. The van der Waals surface area contributed by atoms with Gasteiger partial charge in [0.15, 0.2) is 6.29 Å². The zero-order valence-electron chi connectivity index (χ0n) is 19.6. The van der Waals surface area contributed by atoms with Crippen LogP contribution in [0.4, 0.5) is 4.79 Å². The topological polar surface area (TPSA) is 82.7 Å². The summed E-state index contributed by atoms with van der Waals surface area (Å²) in [4.78, 5) is 20.1. The normalized spacial score (nSPS) is 12.4. The van der Waals surface area contributed by atoms with Crippen molar-refractivity contribution >= 4 is 39.6 Å². The lowest BCUT2D eigenvalue weighted by atomic mass is 9.98. The fraction of sp³-hybridized carbons (Fsp3) is 0.308. The van der Waals surface area contributed by atoms with Gasteiger partial charge < -0.3 is 23.9 Å². The smallest absolute Gasteiger partial charge is 0.431 e. The standard InChI is InChI=1S/C26H27ClN2O5/c1-5-32-25(31-4)23-22-20(14-28-24(23)34-26(30)33-15(2)3)29-19-12-8-10-17(21(19)22)13-16-9-6-7-11-18(16)27/h6-12,14-15,25,29H,5,13H2,1-4H3. The van der Waals surface area contributed by atoms with Crippen molar-refractivity contribution in [1.29, 1.82) is 0 Å². The van der Waals surface area contributed by atoms with Crippen LogP contribution in [-0.2, 0) is 20.6 Å². The monoisotopic (exact) mass is 482 g/mol. The van der Waals surface area contributed by atoms with Crippen molar-refractivity contribution < 1.29 is 23.7 Å². The van der Waals surface area contributed by atoms with E-state index in [1.54, 1.807) is 20.0 Å². The summed E-state index contributed by atoms with van der Waals surface area (Å²) in [5.74, 6) is 0.0758. The molecular formula is C26H27ClN2O5. The number of H-pyrrole nitrogens is 1. The lowest BCUT2D eigenvalue weighted by Crippen LogP contribution is -2.18. The average Bonchev–Trinajstić information content (AvgIpc) is 3.18. The van der Waals surface area contributed by atoms with Crippen LogP contribution >= 0.6 is 11.6 Å². The number of methoxy groups -OCH3 is 1. The Morgan fingerprint density at radius 1 is 1.06 bits per heavy atom. The van der Waals surface area contributed by atoms with E-state index in [9.17, 15) is 4.79 Å². The highest BCUT2D eigenvalue weighted by atomic mass is 35.5. The molecule has 4 rings (SSSR count). The Labute approximate surface area is 202 Å². The Hall–Kier alpha value is -3.13. The molecule has 1 atom stereocenters. The predicted molar refractivity (Wildman–Crippen MR) is 131 cm³/mol. The number of aromatic nitrogens is 2. The van der Waals surface area contributed by atoms with Gasteiger partial charge in [-0.05, 0) is 50.5 Å². The third-order valence-electron chi connectivity index (χ3n) is 5.37. The van der Waals surface area contributed by atoms with Crippen LogP contribution in [0.1, 0.15) is 43.8 Å². The minimum absolute atomic E-state index is 0.0758. The van der Waals surface area contributed by atoms with Crippen molar-refractivity contribution in [2.75, 3.05) is 13.7 Å². The number of carbonyl (C=O) groups excluding carboxylic acids is 1. The molecule has 8 heteroatoms. The largest absolute Gasteiger partial charge is 0.515 e. The number of nitrogens with zero attached hydrogens (tertiary/aromatic N) is 1. The van der Waals surface area contributed by atoms with E-state index in [0.717, 1.165) is 32.9 Å². The van der Waals surface area contributed by atoms with Gasteiger partial charge in [-0.2, -0.15) is 0 Å². The van der Waals surface area contributed by atoms with Gasteiger partial charge in [0, 0.05) is 35.0 Å². The van der Waals surface area contributed by atoms with Crippen molar-refractivity contribution in [3.8, 4) is 5.88 Å². The van der Waals surface area contributed by atoms with E-state index in [4.69, 9.17) is 30.5 Å². The molecule has 0 spiro atoms. The summed E-state index contributed by atoms with van der Waals surface area (Å²) in [6.45, 7) is 5.75. The maximum Gasteiger partial charge on any atom is 0.515 e. The minimum atomic E-state index is -0.842. The van der Waals surface area contributed by atoms with Gasteiger partial charge >= 0.3 is 6.16 Å². The number of benzene rings is 2. The predicted octanol–water partition coefficient (Wildman–Crippen LogP) is 6.57. The summed E-state index contributed by atoms with van der Waals surface area (Å²) >= 11 is 6.46. The van der Waals surface area contributed by atoms with Crippen molar-refractivity contribution in [3.63, 3.8) is 0 Å². The first-order valence-corrected chi connectivity index (χ1v) is 11.5. The van der Waals surface area contributed by atoms with Gasteiger partial charge in [-0.15, -0.1) is 0 Å². The van der Waals surface area contributed by atoms with Crippen LogP contribution in [0.15, 0.2) is 48.7 Å². The van der Waals surface area contributed by atoms with Gasteiger partial charge in [-0.1, -0.05) is 41.9 Å². The van der Waals surface area contributed by atoms with E-state index < -0.39 is 12.4 Å². The first kappa shape index (κ1) is 24.0.